The number of aryl methyl sites for hydroxylation is 1. The van der Waals surface area contributed by atoms with E-state index >= 15 is 0 Å². The smallest absolute Gasteiger partial charge is 0.204 e. The normalized spacial score (nSPS) is 15.1. The van der Waals surface area contributed by atoms with Crippen LogP contribution in [-0.4, -0.2) is 26.3 Å². The van der Waals surface area contributed by atoms with Crippen LogP contribution in [0.3, 0.4) is 0 Å². The Hall–Kier alpha value is -2.11. The fourth-order valence-electron chi connectivity index (χ4n) is 2.99. The topological polar surface area (TPSA) is 42.7 Å². The third-order valence-electron chi connectivity index (χ3n) is 4.43. The minimum Gasteiger partial charge on any atom is -0.439 e. The molecule has 1 aliphatic heterocycles. The first kappa shape index (κ1) is 15.4. The Balaban J connectivity index is 1.81. The highest BCUT2D eigenvalue weighted by atomic mass is 32.1. The summed E-state index contributed by atoms with van der Waals surface area (Å²) in [6.45, 7) is 4.97. The number of rotatable bonds is 3. The number of nitrogens with zero attached hydrogens (tertiary/aromatic N) is 1. The zero-order chi connectivity index (χ0) is 16.5. The molecule has 0 unspecified atom stereocenters. The van der Waals surface area contributed by atoms with E-state index in [0.29, 0.717) is 29.4 Å². The highest BCUT2D eigenvalue weighted by Crippen LogP contribution is 2.34. The SMILES string of the molecule is CCc1ccc(-c2csc3c(=O)cc(N4CCOCC4)oc23)cc1. The van der Waals surface area contributed by atoms with Crippen LogP contribution in [0.1, 0.15) is 12.5 Å². The number of fused-ring (bicyclic) bond motifs is 1. The van der Waals surface area contributed by atoms with Crippen LogP contribution >= 0.6 is 11.3 Å². The van der Waals surface area contributed by atoms with Crippen LogP contribution in [0.2, 0.25) is 0 Å². The first-order valence-electron chi connectivity index (χ1n) is 8.23. The van der Waals surface area contributed by atoms with Crippen LogP contribution in [0.5, 0.6) is 0 Å². The zero-order valence-electron chi connectivity index (χ0n) is 13.6. The summed E-state index contributed by atoms with van der Waals surface area (Å²) >= 11 is 1.45. The molecule has 124 valence electrons. The summed E-state index contributed by atoms with van der Waals surface area (Å²) in [5.74, 6) is 0.639. The van der Waals surface area contributed by atoms with E-state index in [1.165, 1.54) is 16.9 Å². The molecule has 0 amide bonds. The predicted molar refractivity (Wildman–Crippen MR) is 98.2 cm³/mol. The third kappa shape index (κ3) is 2.74. The van der Waals surface area contributed by atoms with Crippen molar-refractivity contribution in [3.63, 3.8) is 0 Å². The molecule has 0 spiro atoms. The fraction of sp³-hybridized carbons (Fsp3) is 0.316. The second-order valence-electron chi connectivity index (χ2n) is 5.91. The minimum absolute atomic E-state index is 0.0270. The molecule has 5 heteroatoms. The molecular weight excluding hydrogens is 322 g/mol. The van der Waals surface area contributed by atoms with Gasteiger partial charge in [0, 0.05) is 30.1 Å². The van der Waals surface area contributed by atoms with Crippen molar-refractivity contribution in [3.8, 4) is 11.1 Å². The highest BCUT2D eigenvalue weighted by molar-refractivity contribution is 7.17. The maximum Gasteiger partial charge on any atom is 0.204 e. The number of benzene rings is 1. The second-order valence-corrected chi connectivity index (χ2v) is 6.79. The molecule has 3 heterocycles. The van der Waals surface area contributed by atoms with Gasteiger partial charge in [0.1, 0.15) is 4.70 Å². The minimum atomic E-state index is 0.0270. The first-order chi connectivity index (χ1) is 11.8. The van der Waals surface area contributed by atoms with Crippen LogP contribution in [-0.2, 0) is 11.2 Å². The van der Waals surface area contributed by atoms with Gasteiger partial charge in [0.2, 0.25) is 5.43 Å². The molecule has 1 aromatic carbocycles. The van der Waals surface area contributed by atoms with E-state index in [1.54, 1.807) is 6.07 Å². The van der Waals surface area contributed by atoms with Gasteiger partial charge in [0.25, 0.3) is 0 Å². The van der Waals surface area contributed by atoms with E-state index in [2.05, 4.69) is 36.1 Å². The molecule has 0 bridgehead atoms. The Kier molecular flexibility index (Phi) is 4.12. The molecule has 0 N–H and O–H groups in total. The molecule has 0 saturated carbocycles. The first-order valence-corrected chi connectivity index (χ1v) is 9.11. The molecule has 24 heavy (non-hydrogen) atoms. The number of hydrogen-bond donors (Lipinski definition) is 0. The van der Waals surface area contributed by atoms with Crippen LogP contribution < -0.4 is 10.3 Å². The van der Waals surface area contributed by atoms with Crippen molar-refractivity contribution in [1.29, 1.82) is 0 Å². The lowest BCUT2D eigenvalue weighted by atomic mass is 10.1. The van der Waals surface area contributed by atoms with E-state index in [1.807, 2.05) is 5.38 Å². The van der Waals surface area contributed by atoms with Crippen molar-refractivity contribution >= 4 is 27.5 Å². The third-order valence-corrected chi connectivity index (χ3v) is 5.40. The van der Waals surface area contributed by atoms with E-state index in [0.717, 1.165) is 30.6 Å². The zero-order valence-corrected chi connectivity index (χ0v) is 14.4. The molecule has 2 aromatic heterocycles. The number of morpholine rings is 1. The van der Waals surface area contributed by atoms with Gasteiger partial charge in [-0.3, -0.25) is 4.79 Å². The Morgan fingerprint density at radius 2 is 1.92 bits per heavy atom. The summed E-state index contributed by atoms with van der Waals surface area (Å²) in [5, 5.41) is 2.01. The van der Waals surface area contributed by atoms with Crippen molar-refractivity contribution in [2.45, 2.75) is 13.3 Å². The Morgan fingerprint density at radius 1 is 1.17 bits per heavy atom. The second kappa shape index (κ2) is 6.42. The van der Waals surface area contributed by atoms with E-state index < -0.39 is 0 Å². The van der Waals surface area contributed by atoms with Crippen molar-refractivity contribution < 1.29 is 9.15 Å². The molecule has 1 aliphatic rings. The van der Waals surface area contributed by atoms with Gasteiger partial charge in [-0.05, 0) is 17.5 Å². The lowest BCUT2D eigenvalue weighted by Gasteiger charge is -2.27. The number of anilines is 1. The summed E-state index contributed by atoms with van der Waals surface area (Å²) in [5.41, 5.74) is 4.09. The predicted octanol–water partition coefficient (Wildman–Crippen LogP) is 3.92. The average Bonchev–Trinajstić information content (AvgIpc) is 3.07. The molecule has 3 aromatic rings. The van der Waals surface area contributed by atoms with E-state index in [-0.39, 0.29) is 5.43 Å². The van der Waals surface area contributed by atoms with Crippen LogP contribution in [0.25, 0.3) is 21.4 Å². The Morgan fingerprint density at radius 3 is 2.62 bits per heavy atom. The summed E-state index contributed by atoms with van der Waals surface area (Å²) in [4.78, 5) is 14.6. The lowest BCUT2D eigenvalue weighted by Crippen LogP contribution is -2.36. The van der Waals surface area contributed by atoms with Crippen molar-refractivity contribution in [1.82, 2.24) is 0 Å². The standard InChI is InChI=1S/C19H19NO3S/c1-2-13-3-5-14(6-4-13)15-12-24-19-16(21)11-17(23-18(15)19)20-7-9-22-10-8-20/h3-6,11-12H,2,7-10H2,1H3. The molecule has 0 radical (unpaired) electrons. The molecule has 4 nitrogen and oxygen atoms in total. The van der Waals surface area contributed by atoms with Crippen LogP contribution in [0.4, 0.5) is 5.88 Å². The van der Waals surface area contributed by atoms with Gasteiger partial charge in [-0.1, -0.05) is 31.2 Å². The van der Waals surface area contributed by atoms with Gasteiger partial charge < -0.3 is 14.1 Å². The van der Waals surface area contributed by atoms with Gasteiger partial charge in [0.15, 0.2) is 11.5 Å². The van der Waals surface area contributed by atoms with Gasteiger partial charge in [0.05, 0.1) is 13.2 Å². The van der Waals surface area contributed by atoms with Crippen LogP contribution in [0.15, 0.2) is 44.9 Å². The van der Waals surface area contributed by atoms with Gasteiger partial charge >= 0.3 is 0 Å². The Labute approximate surface area is 144 Å². The quantitative estimate of drug-likeness (QED) is 0.724. The summed E-state index contributed by atoms with van der Waals surface area (Å²) < 4.78 is 12.2. The molecule has 4 rings (SSSR count). The molecule has 0 atom stereocenters. The lowest BCUT2D eigenvalue weighted by molar-refractivity contribution is 0.121. The monoisotopic (exact) mass is 341 g/mol. The van der Waals surface area contributed by atoms with Crippen molar-refractivity contribution in [2.75, 3.05) is 31.2 Å². The Bertz CT molecular complexity index is 905. The molecule has 0 aliphatic carbocycles. The van der Waals surface area contributed by atoms with E-state index in [9.17, 15) is 4.79 Å². The maximum absolute atomic E-state index is 12.5. The van der Waals surface area contributed by atoms with Gasteiger partial charge in [-0.2, -0.15) is 0 Å². The largest absolute Gasteiger partial charge is 0.439 e. The maximum atomic E-state index is 12.5. The highest BCUT2D eigenvalue weighted by Gasteiger charge is 2.18. The summed E-state index contributed by atoms with van der Waals surface area (Å²) in [6, 6.07) is 10.1. The van der Waals surface area contributed by atoms with Gasteiger partial charge in [-0.15, -0.1) is 11.3 Å². The number of hydrogen-bond acceptors (Lipinski definition) is 5. The average molecular weight is 341 g/mol. The number of thiophene rings is 1. The summed E-state index contributed by atoms with van der Waals surface area (Å²) in [7, 11) is 0. The van der Waals surface area contributed by atoms with Crippen molar-refractivity contribution in [2.24, 2.45) is 0 Å². The summed E-state index contributed by atoms with van der Waals surface area (Å²) in [6.07, 6.45) is 1.01. The van der Waals surface area contributed by atoms with Crippen molar-refractivity contribution in [3.05, 3.63) is 51.5 Å². The number of ether oxygens (including phenoxy) is 1. The molecular formula is C19H19NO3S. The van der Waals surface area contributed by atoms with Crippen LogP contribution in [0, 0.1) is 0 Å². The molecule has 1 saturated heterocycles. The van der Waals surface area contributed by atoms with Gasteiger partial charge in [-0.25, -0.2) is 0 Å². The fourth-order valence-corrected chi connectivity index (χ4v) is 3.90. The molecule has 1 fully saturated rings. The van der Waals surface area contributed by atoms with E-state index in [4.69, 9.17) is 9.15 Å².